The van der Waals surface area contributed by atoms with E-state index < -0.39 is 6.09 Å². The Morgan fingerprint density at radius 1 is 1.38 bits per heavy atom. The molecule has 132 valence electrons. The third-order valence-corrected chi connectivity index (χ3v) is 4.72. The molecular weight excluding hydrogens is 351 g/mol. The molecule has 1 fully saturated rings. The summed E-state index contributed by atoms with van der Waals surface area (Å²) in [7, 11) is 0. The summed E-state index contributed by atoms with van der Waals surface area (Å²) in [6.07, 6.45) is 0.120. The number of carbonyl (C=O) groups is 2. The molecule has 0 bridgehead atoms. The Kier molecular flexibility index (Phi) is 6.35. The molecule has 1 aliphatic heterocycles. The van der Waals surface area contributed by atoms with Crippen LogP contribution in [-0.4, -0.2) is 46.0 Å². The molecule has 0 saturated carbocycles. The second-order valence-corrected chi connectivity index (χ2v) is 7.37. The Balaban J connectivity index is 2.19. The van der Waals surface area contributed by atoms with Crippen LogP contribution >= 0.6 is 23.2 Å². The molecule has 0 unspecified atom stereocenters. The highest BCUT2D eigenvalue weighted by Gasteiger charge is 2.33. The average molecular weight is 373 g/mol. The number of amides is 2. The van der Waals surface area contributed by atoms with Crippen molar-refractivity contribution in [2.45, 2.75) is 39.3 Å². The maximum Gasteiger partial charge on any atom is 0.407 e. The van der Waals surface area contributed by atoms with Crippen LogP contribution in [0.4, 0.5) is 4.79 Å². The Hall–Kier alpha value is -1.46. The van der Waals surface area contributed by atoms with Gasteiger partial charge in [0.2, 0.25) is 5.91 Å². The van der Waals surface area contributed by atoms with E-state index >= 15 is 0 Å². The average Bonchev–Trinajstić information content (AvgIpc) is 2.95. The van der Waals surface area contributed by atoms with Gasteiger partial charge in [0.25, 0.3) is 0 Å². The monoisotopic (exact) mass is 372 g/mol. The molecule has 1 N–H and O–H groups in total. The molecule has 0 aliphatic carbocycles. The van der Waals surface area contributed by atoms with Gasteiger partial charge in [-0.15, -0.1) is 0 Å². The number of benzene rings is 1. The summed E-state index contributed by atoms with van der Waals surface area (Å²) in [5, 5.41) is 10.2. The number of halogens is 2. The van der Waals surface area contributed by atoms with Crippen molar-refractivity contribution in [3.63, 3.8) is 0 Å². The first kappa shape index (κ1) is 18.9. The van der Waals surface area contributed by atoms with E-state index in [0.717, 1.165) is 5.56 Å². The molecule has 24 heavy (non-hydrogen) atoms. The van der Waals surface area contributed by atoms with Crippen LogP contribution in [0.5, 0.6) is 0 Å². The van der Waals surface area contributed by atoms with Crippen LogP contribution in [0.3, 0.4) is 0 Å². The van der Waals surface area contributed by atoms with E-state index in [0.29, 0.717) is 42.5 Å². The predicted octanol–water partition coefficient (Wildman–Crippen LogP) is 4.12. The van der Waals surface area contributed by atoms with E-state index in [1.807, 2.05) is 19.9 Å². The predicted molar refractivity (Wildman–Crippen MR) is 94.5 cm³/mol. The van der Waals surface area contributed by atoms with Crippen molar-refractivity contribution in [3.8, 4) is 0 Å². The zero-order valence-electron chi connectivity index (χ0n) is 13.8. The minimum atomic E-state index is -0.946. The fourth-order valence-corrected chi connectivity index (χ4v) is 3.36. The van der Waals surface area contributed by atoms with Gasteiger partial charge in [0, 0.05) is 36.1 Å². The van der Waals surface area contributed by atoms with E-state index in [-0.39, 0.29) is 17.9 Å². The molecule has 1 heterocycles. The van der Waals surface area contributed by atoms with Gasteiger partial charge in [-0.3, -0.25) is 4.79 Å². The number of likely N-dealkylation sites (tertiary alicyclic amines) is 1. The normalized spacial score (nSPS) is 17.4. The molecule has 0 radical (unpaired) electrons. The summed E-state index contributed by atoms with van der Waals surface area (Å²) in [5.74, 6) is 0.255. The Labute approximate surface area is 152 Å². The highest BCUT2D eigenvalue weighted by Crippen LogP contribution is 2.26. The summed E-state index contributed by atoms with van der Waals surface area (Å²) < 4.78 is 0. The van der Waals surface area contributed by atoms with Gasteiger partial charge in [-0.2, -0.15) is 0 Å². The molecule has 7 heteroatoms. The highest BCUT2D eigenvalue weighted by atomic mass is 35.5. The van der Waals surface area contributed by atoms with Crippen molar-refractivity contribution in [1.82, 2.24) is 9.80 Å². The third-order valence-electron chi connectivity index (χ3n) is 4.13. The Morgan fingerprint density at radius 2 is 2.08 bits per heavy atom. The molecule has 1 aromatic rings. The first-order chi connectivity index (χ1) is 11.3. The SMILES string of the molecule is CC(C)CC(=O)N(Cc1ccc(Cl)cc1Cl)[C@H]1CCN(C(=O)O)C1. The highest BCUT2D eigenvalue weighted by molar-refractivity contribution is 6.35. The van der Waals surface area contributed by atoms with Crippen LogP contribution < -0.4 is 0 Å². The smallest absolute Gasteiger partial charge is 0.407 e. The lowest BCUT2D eigenvalue weighted by Gasteiger charge is -2.30. The van der Waals surface area contributed by atoms with Gasteiger partial charge in [-0.1, -0.05) is 43.1 Å². The summed E-state index contributed by atoms with van der Waals surface area (Å²) >= 11 is 12.2. The van der Waals surface area contributed by atoms with Gasteiger partial charge in [0.05, 0.1) is 6.04 Å². The second kappa shape index (κ2) is 8.08. The molecular formula is C17H22Cl2N2O3. The van der Waals surface area contributed by atoms with Crippen molar-refractivity contribution in [1.29, 1.82) is 0 Å². The number of rotatable bonds is 5. The number of carboxylic acid groups (broad SMARTS) is 1. The van der Waals surface area contributed by atoms with Gasteiger partial charge in [-0.05, 0) is 30.0 Å². The Bertz CT molecular complexity index is 622. The number of hydrogen-bond donors (Lipinski definition) is 1. The van der Waals surface area contributed by atoms with Crippen molar-refractivity contribution >= 4 is 35.2 Å². The zero-order valence-corrected chi connectivity index (χ0v) is 15.3. The van der Waals surface area contributed by atoms with E-state index in [1.165, 1.54) is 4.90 Å². The van der Waals surface area contributed by atoms with E-state index in [4.69, 9.17) is 28.3 Å². The molecule has 1 aromatic carbocycles. The first-order valence-electron chi connectivity index (χ1n) is 7.99. The van der Waals surface area contributed by atoms with E-state index in [1.54, 1.807) is 17.0 Å². The summed E-state index contributed by atoms with van der Waals surface area (Å²) in [4.78, 5) is 27.0. The first-order valence-corrected chi connectivity index (χ1v) is 8.74. The van der Waals surface area contributed by atoms with Gasteiger partial charge in [0.1, 0.15) is 0 Å². The van der Waals surface area contributed by atoms with E-state index in [2.05, 4.69) is 0 Å². The number of carbonyl (C=O) groups excluding carboxylic acids is 1. The van der Waals surface area contributed by atoms with Crippen LogP contribution in [0.15, 0.2) is 18.2 Å². The molecule has 2 amide bonds. The zero-order chi connectivity index (χ0) is 17.9. The molecule has 1 saturated heterocycles. The Morgan fingerprint density at radius 3 is 2.62 bits per heavy atom. The summed E-state index contributed by atoms with van der Waals surface area (Å²) in [6.45, 7) is 5.12. The number of hydrogen-bond acceptors (Lipinski definition) is 2. The maximum absolute atomic E-state index is 12.7. The van der Waals surface area contributed by atoms with Gasteiger partial charge >= 0.3 is 6.09 Å². The summed E-state index contributed by atoms with van der Waals surface area (Å²) in [5.41, 5.74) is 0.812. The molecule has 1 aliphatic rings. The van der Waals surface area contributed by atoms with Crippen LogP contribution in [0.1, 0.15) is 32.3 Å². The fourth-order valence-electron chi connectivity index (χ4n) is 2.89. The second-order valence-electron chi connectivity index (χ2n) is 6.53. The quantitative estimate of drug-likeness (QED) is 0.845. The van der Waals surface area contributed by atoms with Gasteiger partial charge < -0.3 is 14.9 Å². The minimum Gasteiger partial charge on any atom is -0.465 e. The van der Waals surface area contributed by atoms with Crippen LogP contribution in [0, 0.1) is 5.92 Å². The number of nitrogens with zero attached hydrogens (tertiary/aromatic N) is 2. The molecule has 1 atom stereocenters. The van der Waals surface area contributed by atoms with Gasteiger partial charge in [-0.25, -0.2) is 4.79 Å². The van der Waals surface area contributed by atoms with E-state index in [9.17, 15) is 9.59 Å². The molecule has 0 aromatic heterocycles. The van der Waals surface area contributed by atoms with Crippen molar-refractivity contribution in [3.05, 3.63) is 33.8 Å². The third kappa shape index (κ3) is 4.77. The standard InChI is InChI=1S/C17H22Cl2N2O3/c1-11(2)7-16(22)21(14-5-6-20(10-14)17(23)24)9-12-3-4-13(18)8-15(12)19/h3-4,8,11,14H,5-7,9-10H2,1-2H3,(H,23,24)/t14-/m0/s1. The lowest BCUT2D eigenvalue weighted by atomic mass is 10.1. The molecule has 5 nitrogen and oxygen atoms in total. The summed E-state index contributed by atoms with van der Waals surface area (Å²) in [6, 6.07) is 5.08. The minimum absolute atomic E-state index is 0.0215. The molecule has 0 spiro atoms. The lowest BCUT2D eigenvalue weighted by molar-refractivity contribution is -0.134. The largest absolute Gasteiger partial charge is 0.465 e. The maximum atomic E-state index is 12.7. The van der Waals surface area contributed by atoms with Crippen LogP contribution in [0.2, 0.25) is 10.0 Å². The topological polar surface area (TPSA) is 60.9 Å². The van der Waals surface area contributed by atoms with Crippen molar-refractivity contribution in [2.24, 2.45) is 5.92 Å². The molecule has 2 rings (SSSR count). The van der Waals surface area contributed by atoms with Crippen molar-refractivity contribution in [2.75, 3.05) is 13.1 Å². The lowest BCUT2D eigenvalue weighted by Crippen LogP contribution is -2.42. The van der Waals surface area contributed by atoms with Crippen molar-refractivity contribution < 1.29 is 14.7 Å². The van der Waals surface area contributed by atoms with Crippen LogP contribution in [-0.2, 0) is 11.3 Å². The van der Waals surface area contributed by atoms with Gasteiger partial charge in [0.15, 0.2) is 0 Å². The van der Waals surface area contributed by atoms with Crippen LogP contribution in [0.25, 0.3) is 0 Å². The fraction of sp³-hybridized carbons (Fsp3) is 0.529.